The molecule has 0 fully saturated rings. The number of carbonyl (C=O) groups excluding carboxylic acids is 1. The smallest absolute Gasteiger partial charge is 0.407 e. The Labute approximate surface area is 124 Å². The first-order chi connectivity index (χ1) is 9.31. The number of carbonyl (C=O) groups is 1. The van der Waals surface area contributed by atoms with Crippen LogP contribution in [0.3, 0.4) is 0 Å². The van der Waals surface area contributed by atoms with Crippen LogP contribution in [0.2, 0.25) is 5.02 Å². The van der Waals surface area contributed by atoms with Crippen molar-refractivity contribution < 1.29 is 14.3 Å². The number of hydrogen-bond acceptors (Lipinski definition) is 3. The minimum Gasteiger partial charge on any atom is -0.495 e. The van der Waals surface area contributed by atoms with Crippen LogP contribution in [-0.4, -0.2) is 25.3 Å². The third kappa shape index (κ3) is 5.97. The first kappa shape index (κ1) is 16.4. The second kappa shape index (κ2) is 7.20. The highest BCUT2D eigenvalue weighted by molar-refractivity contribution is 6.32. The summed E-state index contributed by atoms with van der Waals surface area (Å²) in [7, 11) is 1.57. The summed E-state index contributed by atoms with van der Waals surface area (Å²) in [4.78, 5) is 11.4. The zero-order valence-electron chi connectivity index (χ0n) is 12.2. The largest absolute Gasteiger partial charge is 0.495 e. The molecule has 0 spiro atoms. The number of amides is 1. The highest BCUT2D eigenvalue weighted by atomic mass is 35.5. The Morgan fingerprint density at radius 3 is 2.65 bits per heavy atom. The van der Waals surface area contributed by atoms with Gasteiger partial charge in [0, 0.05) is 6.54 Å². The summed E-state index contributed by atoms with van der Waals surface area (Å²) in [5.41, 5.74) is 0.443. The van der Waals surface area contributed by atoms with Crippen molar-refractivity contribution in [3.63, 3.8) is 0 Å². The molecule has 4 nitrogen and oxygen atoms in total. The first-order valence-electron chi connectivity index (χ1n) is 6.29. The molecular formula is C15H20ClNO3. The van der Waals surface area contributed by atoms with Gasteiger partial charge in [0.05, 0.1) is 12.1 Å². The molecule has 0 aliphatic rings. The summed E-state index contributed by atoms with van der Waals surface area (Å²) in [5, 5.41) is 3.19. The molecule has 1 aromatic carbocycles. The van der Waals surface area contributed by atoms with E-state index >= 15 is 0 Å². The molecule has 0 radical (unpaired) electrons. The van der Waals surface area contributed by atoms with Gasteiger partial charge in [-0.05, 0) is 38.5 Å². The second-order valence-electron chi connectivity index (χ2n) is 5.18. The molecule has 5 heteroatoms. The molecule has 0 saturated heterocycles. The quantitative estimate of drug-likeness (QED) is 0.917. The van der Waals surface area contributed by atoms with Gasteiger partial charge in [-0.3, -0.25) is 0 Å². The van der Waals surface area contributed by atoms with Crippen LogP contribution in [0, 0.1) is 0 Å². The van der Waals surface area contributed by atoms with Crippen LogP contribution >= 0.6 is 11.6 Å². The van der Waals surface area contributed by atoms with Crippen LogP contribution in [0.1, 0.15) is 26.3 Å². The monoisotopic (exact) mass is 297 g/mol. The first-order valence-corrected chi connectivity index (χ1v) is 6.66. The van der Waals surface area contributed by atoms with E-state index in [9.17, 15) is 4.79 Å². The van der Waals surface area contributed by atoms with E-state index in [2.05, 4.69) is 5.32 Å². The van der Waals surface area contributed by atoms with Gasteiger partial charge in [-0.25, -0.2) is 4.79 Å². The average Bonchev–Trinajstić information content (AvgIpc) is 2.33. The molecule has 1 N–H and O–H groups in total. The predicted molar refractivity (Wildman–Crippen MR) is 81.3 cm³/mol. The van der Waals surface area contributed by atoms with Gasteiger partial charge in [-0.1, -0.05) is 29.8 Å². The van der Waals surface area contributed by atoms with E-state index in [0.29, 0.717) is 17.3 Å². The van der Waals surface area contributed by atoms with Crippen molar-refractivity contribution in [2.24, 2.45) is 0 Å². The van der Waals surface area contributed by atoms with Crippen LogP contribution < -0.4 is 10.1 Å². The third-order valence-corrected chi connectivity index (χ3v) is 2.54. The molecule has 1 amide bonds. The molecule has 0 saturated carbocycles. The Morgan fingerprint density at radius 2 is 2.10 bits per heavy atom. The molecule has 0 atom stereocenters. The van der Waals surface area contributed by atoms with Gasteiger partial charge in [0.25, 0.3) is 0 Å². The molecule has 0 heterocycles. The normalized spacial score (nSPS) is 11.4. The number of methoxy groups -OCH3 is 1. The second-order valence-corrected chi connectivity index (χ2v) is 5.59. The highest BCUT2D eigenvalue weighted by Gasteiger charge is 2.14. The molecule has 0 bridgehead atoms. The summed E-state index contributed by atoms with van der Waals surface area (Å²) < 4.78 is 10.2. The van der Waals surface area contributed by atoms with E-state index < -0.39 is 11.7 Å². The zero-order valence-corrected chi connectivity index (χ0v) is 13.0. The van der Waals surface area contributed by atoms with Gasteiger partial charge in [-0.15, -0.1) is 0 Å². The van der Waals surface area contributed by atoms with E-state index in [4.69, 9.17) is 21.1 Å². The fraction of sp³-hybridized carbons (Fsp3) is 0.400. The van der Waals surface area contributed by atoms with Gasteiger partial charge in [0.15, 0.2) is 0 Å². The summed E-state index contributed by atoms with van der Waals surface area (Å²) in [6.45, 7) is 5.85. The lowest BCUT2D eigenvalue weighted by atomic mass is 10.2. The van der Waals surface area contributed by atoms with Gasteiger partial charge in [0.1, 0.15) is 11.4 Å². The maximum absolute atomic E-state index is 11.4. The Hall–Kier alpha value is -1.68. The topological polar surface area (TPSA) is 47.6 Å². The number of hydrogen-bond donors (Lipinski definition) is 1. The molecule has 20 heavy (non-hydrogen) atoms. The van der Waals surface area contributed by atoms with Gasteiger partial charge < -0.3 is 14.8 Å². The van der Waals surface area contributed by atoms with E-state index in [1.54, 1.807) is 19.2 Å². The Morgan fingerprint density at radius 1 is 1.40 bits per heavy atom. The Balaban J connectivity index is 2.46. The molecule has 0 unspecified atom stereocenters. The van der Waals surface area contributed by atoms with Crippen molar-refractivity contribution in [3.05, 3.63) is 34.9 Å². The standard InChI is InChI=1S/C15H20ClNO3/c1-15(2,3)20-14(18)17-9-5-6-11-7-8-13(19-4)12(16)10-11/h5-8,10H,9H2,1-4H3,(H,17,18). The number of rotatable bonds is 4. The third-order valence-electron chi connectivity index (χ3n) is 2.25. The van der Waals surface area contributed by atoms with Crippen molar-refractivity contribution in [1.82, 2.24) is 5.32 Å². The average molecular weight is 298 g/mol. The summed E-state index contributed by atoms with van der Waals surface area (Å²) in [6, 6.07) is 5.47. The molecular weight excluding hydrogens is 278 g/mol. The predicted octanol–water partition coefficient (Wildman–Crippen LogP) is 3.89. The Bertz CT molecular complexity index is 492. The van der Waals surface area contributed by atoms with Crippen molar-refractivity contribution in [2.75, 3.05) is 13.7 Å². The van der Waals surface area contributed by atoms with Crippen molar-refractivity contribution >= 4 is 23.8 Å². The van der Waals surface area contributed by atoms with E-state index in [-0.39, 0.29) is 0 Å². The number of alkyl carbamates (subject to hydrolysis) is 1. The lowest BCUT2D eigenvalue weighted by Gasteiger charge is -2.19. The van der Waals surface area contributed by atoms with E-state index in [0.717, 1.165) is 5.56 Å². The minimum atomic E-state index is -0.489. The maximum Gasteiger partial charge on any atom is 0.407 e. The summed E-state index contributed by atoms with van der Waals surface area (Å²) in [5.74, 6) is 0.635. The molecule has 0 aliphatic carbocycles. The number of benzene rings is 1. The van der Waals surface area contributed by atoms with Crippen molar-refractivity contribution in [2.45, 2.75) is 26.4 Å². The lowest BCUT2D eigenvalue weighted by molar-refractivity contribution is 0.0534. The molecule has 110 valence electrons. The lowest BCUT2D eigenvalue weighted by Crippen LogP contribution is -2.32. The molecule has 0 aromatic heterocycles. The van der Waals surface area contributed by atoms with Crippen molar-refractivity contribution in [3.8, 4) is 5.75 Å². The fourth-order valence-corrected chi connectivity index (χ4v) is 1.70. The summed E-state index contributed by atoms with van der Waals surface area (Å²) >= 11 is 6.02. The molecule has 1 rings (SSSR count). The Kier molecular flexibility index (Phi) is 5.89. The van der Waals surface area contributed by atoms with E-state index in [1.807, 2.05) is 39.0 Å². The zero-order chi connectivity index (χ0) is 15.2. The SMILES string of the molecule is COc1ccc(C=CCNC(=O)OC(C)(C)C)cc1Cl. The van der Waals surface area contributed by atoms with Crippen LogP contribution in [0.25, 0.3) is 6.08 Å². The maximum atomic E-state index is 11.4. The van der Waals surface area contributed by atoms with Gasteiger partial charge >= 0.3 is 6.09 Å². The van der Waals surface area contributed by atoms with Crippen LogP contribution in [0.5, 0.6) is 5.75 Å². The van der Waals surface area contributed by atoms with Gasteiger partial charge in [-0.2, -0.15) is 0 Å². The number of halogens is 1. The van der Waals surface area contributed by atoms with Crippen molar-refractivity contribution in [1.29, 1.82) is 0 Å². The fourth-order valence-electron chi connectivity index (χ4n) is 1.44. The van der Waals surface area contributed by atoms with Crippen LogP contribution in [0.15, 0.2) is 24.3 Å². The summed E-state index contributed by atoms with van der Waals surface area (Å²) in [6.07, 6.45) is 3.25. The van der Waals surface area contributed by atoms with E-state index in [1.165, 1.54) is 0 Å². The minimum absolute atomic E-state index is 0.387. The molecule has 0 aliphatic heterocycles. The van der Waals surface area contributed by atoms with Crippen LogP contribution in [-0.2, 0) is 4.74 Å². The number of ether oxygens (including phenoxy) is 2. The van der Waals surface area contributed by atoms with Crippen LogP contribution in [0.4, 0.5) is 4.79 Å². The molecule has 1 aromatic rings. The van der Waals surface area contributed by atoms with Gasteiger partial charge in [0.2, 0.25) is 0 Å². The highest BCUT2D eigenvalue weighted by Crippen LogP contribution is 2.25. The number of nitrogens with one attached hydrogen (secondary N) is 1.